The minimum Gasteiger partial charge on any atom is -0.493 e. The van der Waals surface area contributed by atoms with Gasteiger partial charge in [-0.2, -0.15) is 5.10 Å². The standard InChI is InChI=1S/C8H7N4O2/c1-14-6-4-10-11-8(13)7(6)12-3-2-9-5-12/h2-5H,1H3. The fourth-order valence-corrected chi connectivity index (χ4v) is 1.13. The summed E-state index contributed by atoms with van der Waals surface area (Å²) in [4.78, 5) is 15.2. The van der Waals surface area contributed by atoms with Crippen LogP contribution in [-0.4, -0.2) is 28.8 Å². The molecule has 1 aliphatic rings. The van der Waals surface area contributed by atoms with E-state index in [-0.39, 0.29) is 0 Å². The number of aromatic nitrogens is 2. The molecule has 0 saturated carbocycles. The van der Waals surface area contributed by atoms with E-state index in [0.717, 1.165) is 0 Å². The average Bonchev–Trinajstić information content (AvgIpc) is 2.70. The predicted molar refractivity (Wildman–Crippen MR) is 48.1 cm³/mol. The average molecular weight is 191 g/mol. The van der Waals surface area contributed by atoms with Crippen LogP contribution < -0.4 is 5.43 Å². The van der Waals surface area contributed by atoms with Crippen molar-refractivity contribution in [2.45, 2.75) is 0 Å². The third-order valence-electron chi connectivity index (χ3n) is 1.74. The lowest BCUT2D eigenvalue weighted by atomic mass is 10.3. The molecule has 2 heterocycles. The Bertz CT molecular complexity index is 405. The van der Waals surface area contributed by atoms with Gasteiger partial charge in [0.15, 0.2) is 11.5 Å². The number of rotatable bonds is 2. The molecule has 1 radical (unpaired) electrons. The summed E-state index contributed by atoms with van der Waals surface area (Å²) in [6.45, 7) is 0. The first-order valence-electron chi connectivity index (χ1n) is 3.88. The molecule has 1 amide bonds. The number of hydrogen-bond donors (Lipinski definition) is 0. The maximum absolute atomic E-state index is 11.4. The molecule has 0 unspecified atom stereocenters. The first-order chi connectivity index (χ1) is 6.83. The maximum Gasteiger partial charge on any atom is 0.316 e. The van der Waals surface area contributed by atoms with Gasteiger partial charge in [-0.15, -0.1) is 5.43 Å². The van der Waals surface area contributed by atoms with E-state index < -0.39 is 5.91 Å². The lowest BCUT2D eigenvalue weighted by Crippen LogP contribution is -2.22. The zero-order valence-corrected chi connectivity index (χ0v) is 7.41. The molecule has 0 bridgehead atoms. The molecule has 1 aromatic heterocycles. The van der Waals surface area contributed by atoms with Gasteiger partial charge in [0.2, 0.25) is 0 Å². The highest BCUT2D eigenvalue weighted by Crippen LogP contribution is 2.13. The number of imidazole rings is 1. The summed E-state index contributed by atoms with van der Waals surface area (Å²) in [5, 5.41) is 3.50. The summed E-state index contributed by atoms with van der Waals surface area (Å²) in [6.07, 6.45) is 6.10. The molecule has 0 aromatic carbocycles. The van der Waals surface area contributed by atoms with Crippen LogP contribution in [-0.2, 0) is 9.53 Å². The molecule has 0 atom stereocenters. The molecule has 2 rings (SSSR count). The van der Waals surface area contributed by atoms with Gasteiger partial charge in [0.05, 0.1) is 19.7 Å². The van der Waals surface area contributed by atoms with E-state index in [9.17, 15) is 4.79 Å². The number of allylic oxidation sites excluding steroid dienone is 1. The molecular formula is C8H7N4O2. The molecule has 1 aliphatic heterocycles. The summed E-state index contributed by atoms with van der Waals surface area (Å²) in [5.41, 5.74) is 3.73. The first kappa shape index (κ1) is 8.49. The molecule has 6 heteroatoms. The zero-order valence-electron chi connectivity index (χ0n) is 7.41. The van der Waals surface area contributed by atoms with Crippen LogP contribution >= 0.6 is 0 Å². The van der Waals surface area contributed by atoms with Gasteiger partial charge in [-0.25, -0.2) is 4.98 Å². The van der Waals surface area contributed by atoms with Crippen molar-refractivity contribution in [2.75, 3.05) is 7.11 Å². The van der Waals surface area contributed by atoms with Gasteiger partial charge >= 0.3 is 5.91 Å². The largest absolute Gasteiger partial charge is 0.493 e. The van der Waals surface area contributed by atoms with E-state index in [1.54, 1.807) is 12.4 Å². The lowest BCUT2D eigenvalue weighted by molar-refractivity contribution is -0.116. The van der Waals surface area contributed by atoms with Crippen molar-refractivity contribution in [3.63, 3.8) is 0 Å². The third-order valence-corrected chi connectivity index (χ3v) is 1.74. The SMILES string of the molecule is COC1=C(n2ccnc2)C(=O)[N]N=C1. The topological polar surface area (TPSA) is 70.6 Å². The Balaban J connectivity index is 2.51. The highest BCUT2D eigenvalue weighted by Gasteiger charge is 2.21. The van der Waals surface area contributed by atoms with Gasteiger partial charge in [0.1, 0.15) is 0 Å². The number of ether oxygens (including phenoxy) is 1. The molecule has 1 aromatic rings. The number of carbonyl (C=O) groups excluding carboxylic acids is 1. The molecule has 0 spiro atoms. The summed E-state index contributed by atoms with van der Waals surface area (Å²) in [5.74, 6) is -0.0645. The Kier molecular flexibility index (Phi) is 2.02. The van der Waals surface area contributed by atoms with Crippen molar-refractivity contribution in [2.24, 2.45) is 5.10 Å². The van der Waals surface area contributed by atoms with E-state index in [4.69, 9.17) is 4.74 Å². The fraction of sp³-hybridized carbons (Fsp3) is 0.125. The molecule has 71 valence electrons. The Morgan fingerprint density at radius 2 is 2.36 bits per heavy atom. The van der Waals surface area contributed by atoms with Crippen LogP contribution in [0.3, 0.4) is 0 Å². The molecule has 0 saturated heterocycles. The van der Waals surface area contributed by atoms with E-state index in [0.29, 0.717) is 11.5 Å². The number of amides is 1. The Hall–Kier alpha value is -2.11. The third kappa shape index (κ3) is 1.26. The van der Waals surface area contributed by atoms with E-state index >= 15 is 0 Å². The van der Waals surface area contributed by atoms with Crippen molar-refractivity contribution in [1.29, 1.82) is 0 Å². The van der Waals surface area contributed by atoms with Crippen molar-refractivity contribution in [3.8, 4) is 0 Å². The first-order valence-corrected chi connectivity index (χ1v) is 3.88. The quantitative estimate of drug-likeness (QED) is 0.651. The van der Waals surface area contributed by atoms with Gasteiger partial charge in [0, 0.05) is 12.4 Å². The fourth-order valence-electron chi connectivity index (χ4n) is 1.13. The lowest BCUT2D eigenvalue weighted by Gasteiger charge is -2.12. The monoisotopic (exact) mass is 191 g/mol. The van der Waals surface area contributed by atoms with Gasteiger partial charge in [-0.3, -0.25) is 9.36 Å². The second-order valence-corrected chi connectivity index (χ2v) is 2.54. The Morgan fingerprint density at radius 3 is 3.00 bits per heavy atom. The van der Waals surface area contributed by atoms with Gasteiger partial charge in [-0.05, 0) is 0 Å². The number of carbonyl (C=O) groups is 1. The summed E-state index contributed by atoms with van der Waals surface area (Å²) in [7, 11) is 1.47. The number of nitrogens with zero attached hydrogens (tertiary/aromatic N) is 4. The van der Waals surface area contributed by atoms with Crippen molar-refractivity contribution in [3.05, 3.63) is 24.5 Å². The molecular weight excluding hydrogens is 184 g/mol. The normalized spacial score (nSPS) is 15.6. The summed E-state index contributed by atoms with van der Waals surface area (Å²) < 4.78 is 6.54. The second kappa shape index (κ2) is 3.33. The van der Waals surface area contributed by atoms with Crippen LogP contribution in [0.5, 0.6) is 0 Å². The van der Waals surface area contributed by atoms with Crippen LogP contribution in [0.1, 0.15) is 0 Å². The van der Waals surface area contributed by atoms with Gasteiger partial charge in [0.25, 0.3) is 0 Å². The zero-order chi connectivity index (χ0) is 9.97. The number of hydrogen-bond acceptors (Lipinski definition) is 4. The van der Waals surface area contributed by atoms with Gasteiger partial charge in [-0.1, -0.05) is 0 Å². The highest BCUT2D eigenvalue weighted by molar-refractivity contribution is 6.19. The van der Waals surface area contributed by atoms with Crippen molar-refractivity contribution in [1.82, 2.24) is 15.0 Å². The second-order valence-electron chi connectivity index (χ2n) is 2.54. The van der Waals surface area contributed by atoms with Crippen LogP contribution in [0.15, 0.2) is 29.6 Å². The Morgan fingerprint density at radius 1 is 1.50 bits per heavy atom. The molecule has 0 fully saturated rings. The predicted octanol–water partition coefficient (Wildman–Crippen LogP) is -0.172. The van der Waals surface area contributed by atoms with Crippen LogP contribution in [0.25, 0.3) is 5.70 Å². The van der Waals surface area contributed by atoms with E-state index in [2.05, 4.69) is 15.5 Å². The molecule has 0 N–H and O–H groups in total. The minimum absolute atomic E-state index is 0.319. The van der Waals surface area contributed by atoms with Crippen LogP contribution in [0.4, 0.5) is 0 Å². The number of methoxy groups -OCH3 is 1. The molecule has 0 aliphatic carbocycles. The molecule has 6 nitrogen and oxygen atoms in total. The van der Waals surface area contributed by atoms with E-state index in [1.165, 1.54) is 24.2 Å². The highest BCUT2D eigenvalue weighted by atomic mass is 16.5. The van der Waals surface area contributed by atoms with Crippen molar-refractivity contribution < 1.29 is 9.53 Å². The molecule has 14 heavy (non-hydrogen) atoms. The van der Waals surface area contributed by atoms with Crippen molar-refractivity contribution >= 4 is 17.8 Å². The van der Waals surface area contributed by atoms with Crippen LogP contribution in [0.2, 0.25) is 0 Å². The summed E-state index contributed by atoms with van der Waals surface area (Å²) >= 11 is 0. The smallest absolute Gasteiger partial charge is 0.316 e. The summed E-state index contributed by atoms with van der Waals surface area (Å²) in [6, 6.07) is 0. The van der Waals surface area contributed by atoms with Gasteiger partial charge < -0.3 is 4.74 Å². The maximum atomic E-state index is 11.4. The Labute approximate surface area is 79.9 Å². The van der Waals surface area contributed by atoms with E-state index in [1.807, 2.05) is 0 Å². The minimum atomic E-state index is -0.442. The van der Waals surface area contributed by atoms with Crippen LogP contribution in [0, 0.1) is 0 Å².